The quantitative estimate of drug-likeness (QED) is 0.588. The zero-order valence-corrected chi connectivity index (χ0v) is 14.0. The van der Waals surface area contributed by atoms with E-state index in [2.05, 4.69) is 60.0 Å². The fourth-order valence-corrected chi connectivity index (χ4v) is 6.44. The largest absolute Gasteiger partial charge is 0.273 e. The maximum absolute atomic E-state index is 13.6. The van der Waals surface area contributed by atoms with Crippen LogP contribution in [0.5, 0.6) is 0 Å². The van der Waals surface area contributed by atoms with Crippen LogP contribution in [0.25, 0.3) is 0 Å². The van der Waals surface area contributed by atoms with Crippen molar-refractivity contribution in [2.24, 2.45) is 0 Å². The van der Waals surface area contributed by atoms with Crippen molar-refractivity contribution in [3.05, 3.63) is 18.7 Å². The molecule has 0 N–H and O–H groups in total. The Morgan fingerprint density at radius 2 is 1.50 bits per heavy atom. The maximum Gasteiger partial charge on any atom is 0.261 e. The van der Waals surface area contributed by atoms with Crippen molar-refractivity contribution in [2.45, 2.75) is 71.7 Å². The molecule has 0 unspecified atom stereocenters. The highest BCUT2D eigenvalue weighted by Gasteiger charge is 2.52. The number of hydrogen-bond donors (Lipinski definition) is 0. The molecule has 0 saturated heterocycles. The van der Waals surface area contributed by atoms with E-state index < -0.39 is 7.29 Å². The highest BCUT2D eigenvalue weighted by molar-refractivity contribution is 7.65. The molecule has 1 rings (SSSR count). The Hall–Kier alpha value is -0.560. The summed E-state index contributed by atoms with van der Waals surface area (Å²) in [5.74, 6) is 0. The van der Waals surface area contributed by atoms with Crippen molar-refractivity contribution < 1.29 is 9.13 Å². The predicted molar refractivity (Wildman–Crippen MR) is 77.5 cm³/mol. The summed E-state index contributed by atoms with van der Waals surface area (Å²) in [5.41, 5.74) is 0. The van der Waals surface area contributed by atoms with Crippen LogP contribution < -0.4 is 4.57 Å². The van der Waals surface area contributed by atoms with Gasteiger partial charge in [-0.1, -0.05) is 0 Å². The van der Waals surface area contributed by atoms with Gasteiger partial charge in [0.1, 0.15) is 12.4 Å². The van der Waals surface area contributed by atoms with Crippen LogP contribution in [0.3, 0.4) is 0 Å². The van der Waals surface area contributed by atoms with E-state index in [1.807, 2.05) is 23.1 Å². The summed E-state index contributed by atoms with van der Waals surface area (Å²) in [5, 5.41) is -0.502. The molecule has 0 aliphatic rings. The minimum Gasteiger partial charge on any atom is -0.273 e. The van der Waals surface area contributed by atoms with Gasteiger partial charge in [0.15, 0.2) is 0 Å². The standard InChI is InChI=1S/C14H28N2OP/c1-12(2)15-9-10-16(11-15)18(17,13(3,4)5)14(6,7)8/h9-12H,1-8H3/q+1. The molecule has 0 spiro atoms. The molecule has 0 radical (unpaired) electrons. The molecule has 4 heteroatoms. The summed E-state index contributed by atoms with van der Waals surface area (Å²) in [6.45, 7) is 16.7. The second-order valence-corrected chi connectivity index (χ2v) is 11.5. The summed E-state index contributed by atoms with van der Waals surface area (Å²) in [6, 6.07) is 0.389. The van der Waals surface area contributed by atoms with Gasteiger partial charge in [-0.05, 0) is 55.4 Å². The Bertz CT molecular complexity index is 443. The summed E-state index contributed by atoms with van der Waals surface area (Å²) < 4.78 is 17.7. The molecule has 0 amide bonds. The van der Waals surface area contributed by atoms with E-state index in [1.165, 1.54) is 0 Å². The first-order valence-electron chi connectivity index (χ1n) is 6.61. The smallest absolute Gasteiger partial charge is 0.261 e. The van der Waals surface area contributed by atoms with E-state index in [1.54, 1.807) is 0 Å². The zero-order chi connectivity index (χ0) is 14.4. The summed E-state index contributed by atoms with van der Waals surface area (Å²) >= 11 is 0. The topological polar surface area (TPSA) is 25.9 Å². The van der Waals surface area contributed by atoms with E-state index in [0.29, 0.717) is 6.04 Å². The van der Waals surface area contributed by atoms with Crippen LogP contribution in [0.15, 0.2) is 18.7 Å². The van der Waals surface area contributed by atoms with E-state index in [4.69, 9.17) is 0 Å². The molecule has 1 heterocycles. The third-order valence-electron chi connectivity index (χ3n) is 3.38. The van der Waals surface area contributed by atoms with E-state index in [9.17, 15) is 4.57 Å². The van der Waals surface area contributed by atoms with Crippen molar-refractivity contribution >= 4 is 7.29 Å². The lowest BCUT2D eigenvalue weighted by molar-refractivity contribution is -0.715. The number of nitrogens with zero attached hydrogens (tertiary/aromatic N) is 2. The van der Waals surface area contributed by atoms with Crippen molar-refractivity contribution in [1.29, 1.82) is 0 Å². The Labute approximate surface area is 112 Å². The van der Waals surface area contributed by atoms with Gasteiger partial charge in [-0.3, -0.25) is 4.57 Å². The molecule has 1 aromatic heterocycles. The first-order valence-corrected chi connectivity index (χ1v) is 8.27. The van der Waals surface area contributed by atoms with Gasteiger partial charge in [0.25, 0.3) is 7.29 Å². The number of aromatic nitrogens is 2. The van der Waals surface area contributed by atoms with Crippen molar-refractivity contribution in [3.63, 3.8) is 0 Å². The molecular formula is C14H28N2OP+. The highest BCUT2D eigenvalue weighted by Crippen LogP contribution is 2.67. The van der Waals surface area contributed by atoms with Crippen LogP contribution in [0.2, 0.25) is 0 Å². The molecule has 0 aliphatic carbocycles. The molecule has 104 valence electrons. The summed E-state index contributed by atoms with van der Waals surface area (Å²) in [4.78, 5) is 0. The first kappa shape index (κ1) is 15.5. The average Bonchev–Trinajstić information content (AvgIpc) is 2.61. The van der Waals surface area contributed by atoms with Crippen LogP contribution in [-0.4, -0.2) is 14.6 Å². The van der Waals surface area contributed by atoms with Gasteiger partial charge in [0, 0.05) is 0 Å². The Balaban J connectivity index is 3.42. The molecule has 0 saturated carbocycles. The Morgan fingerprint density at radius 1 is 1.06 bits per heavy atom. The van der Waals surface area contributed by atoms with Crippen LogP contribution in [0.1, 0.15) is 61.4 Å². The molecule has 0 aliphatic heterocycles. The van der Waals surface area contributed by atoms with Crippen molar-refractivity contribution in [2.75, 3.05) is 0 Å². The molecule has 0 fully saturated rings. The van der Waals surface area contributed by atoms with Crippen LogP contribution >= 0.6 is 7.29 Å². The van der Waals surface area contributed by atoms with E-state index >= 15 is 0 Å². The molecule has 0 atom stereocenters. The molecule has 3 nitrogen and oxygen atoms in total. The highest BCUT2D eigenvalue weighted by atomic mass is 31.2. The second kappa shape index (κ2) is 4.52. The first-order chi connectivity index (χ1) is 7.91. The van der Waals surface area contributed by atoms with Crippen LogP contribution in [0, 0.1) is 0 Å². The predicted octanol–water partition coefficient (Wildman–Crippen LogP) is 4.08. The lowest BCUT2D eigenvalue weighted by Gasteiger charge is -2.37. The van der Waals surface area contributed by atoms with Crippen LogP contribution in [0.4, 0.5) is 0 Å². The normalized spacial score (nSPS) is 14.3. The van der Waals surface area contributed by atoms with Gasteiger partial charge in [-0.15, -0.1) is 0 Å². The fraction of sp³-hybridized carbons (Fsp3) is 0.786. The average molecular weight is 271 g/mol. The van der Waals surface area contributed by atoms with Crippen LogP contribution in [-0.2, 0) is 4.57 Å². The van der Waals surface area contributed by atoms with E-state index in [-0.39, 0.29) is 10.3 Å². The van der Waals surface area contributed by atoms with E-state index in [0.717, 1.165) is 0 Å². The molecule has 0 aromatic carbocycles. The number of imidazole rings is 1. The minimum absolute atomic E-state index is 0.251. The summed E-state index contributed by atoms with van der Waals surface area (Å²) in [6.07, 6.45) is 5.95. The lowest BCUT2D eigenvalue weighted by Crippen LogP contribution is -2.36. The maximum atomic E-state index is 13.6. The molecule has 18 heavy (non-hydrogen) atoms. The third kappa shape index (κ3) is 2.42. The second-order valence-electron chi connectivity index (χ2n) is 7.25. The van der Waals surface area contributed by atoms with Gasteiger partial charge < -0.3 is 0 Å². The van der Waals surface area contributed by atoms with Gasteiger partial charge >= 0.3 is 0 Å². The van der Waals surface area contributed by atoms with Gasteiger partial charge in [0.2, 0.25) is 6.33 Å². The fourth-order valence-electron chi connectivity index (χ4n) is 2.53. The Morgan fingerprint density at radius 3 is 1.78 bits per heavy atom. The Kier molecular flexibility index (Phi) is 3.89. The molecular weight excluding hydrogens is 243 g/mol. The number of rotatable bonds is 2. The number of hydrogen-bond acceptors (Lipinski definition) is 1. The van der Waals surface area contributed by atoms with Gasteiger partial charge in [-0.25, -0.2) is 4.57 Å². The molecule has 1 aromatic rings. The monoisotopic (exact) mass is 271 g/mol. The minimum atomic E-state index is -2.56. The third-order valence-corrected chi connectivity index (χ3v) is 7.91. The van der Waals surface area contributed by atoms with Crippen molar-refractivity contribution in [1.82, 2.24) is 4.34 Å². The van der Waals surface area contributed by atoms with Crippen molar-refractivity contribution in [3.8, 4) is 0 Å². The SMILES string of the molecule is CC(C)[n+]1ccn(P(=O)(C(C)(C)C)C(C)(C)C)c1. The lowest BCUT2D eigenvalue weighted by atomic mass is 10.2. The van der Waals surface area contributed by atoms with Gasteiger partial charge in [0.05, 0.1) is 16.4 Å². The zero-order valence-electron chi connectivity index (χ0n) is 13.1. The molecule has 0 bridgehead atoms. The summed E-state index contributed by atoms with van der Waals surface area (Å²) in [7, 11) is -2.56. The van der Waals surface area contributed by atoms with Gasteiger partial charge in [-0.2, -0.15) is 4.34 Å².